The summed E-state index contributed by atoms with van der Waals surface area (Å²) in [6.45, 7) is 0. The molecule has 1 aromatic heterocycles. The van der Waals surface area contributed by atoms with Crippen molar-refractivity contribution in [1.82, 2.24) is 5.32 Å². The number of halogens is 1. The molecule has 1 aliphatic carbocycles. The summed E-state index contributed by atoms with van der Waals surface area (Å²) in [4.78, 5) is 12.1. The van der Waals surface area contributed by atoms with Crippen LogP contribution in [0.1, 0.15) is 41.8 Å². The Morgan fingerprint density at radius 2 is 2.25 bits per heavy atom. The van der Waals surface area contributed by atoms with Crippen molar-refractivity contribution >= 4 is 17.5 Å². The van der Waals surface area contributed by atoms with E-state index in [1.807, 2.05) is 12.1 Å². The van der Waals surface area contributed by atoms with Crippen LogP contribution in [0, 0.1) is 11.8 Å². The Balaban J connectivity index is 1.67. The van der Waals surface area contributed by atoms with E-state index in [2.05, 4.69) is 17.2 Å². The van der Waals surface area contributed by atoms with Gasteiger partial charge in [-0.3, -0.25) is 4.79 Å². The van der Waals surface area contributed by atoms with Gasteiger partial charge in [0.15, 0.2) is 5.76 Å². The number of benzene rings is 1. The molecular weight excluding hydrogens is 326 g/mol. The number of nitrogens with one attached hydrogen (secondary N) is 1. The lowest BCUT2D eigenvalue weighted by Gasteiger charge is -2.33. The van der Waals surface area contributed by atoms with Crippen LogP contribution in [0.5, 0.6) is 0 Å². The average Bonchev–Trinajstić information content (AvgIpc) is 3.08. The first kappa shape index (κ1) is 16.6. The fourth-order valence-corrected chi connectivity index (χ4v) is 3.10. The van der Waals surface area contributed by atoms with Crippen LogP contribution < -0.4 is 5.32 Å². The molecule has 0 spiro atoms. The molecule has 1 fully saturated rings. The van der Waals surface area contributed by atoms with E-state index in [9.17, 15) is 9.90 Å². The third-order valence-corrected chi connectivity index (χ3v) is 4.31. The van der Waals surface area contributed by atoms with E-state index in [1.165, 1.54) is 6.26 Å². The molecule has 0 radical (unpaired) electrons. The maximum Gasteiger partial charge on any atom is 0.287 e. The molecule has 2 atom stereocenters. The minimum absolute atomic E-state index is 0.130. The number of hydrogen-bond donors (Lipinski definition) is 2. The molecule has 1 aliphatic rings. The van der Waals surface area contributed by atoms with Gasteiger partial charge in [-0.2, -0.15) is 0 Å². The van der Waals surface area contributed by atoms with Crippen LogP contribution >= 0.6 is 11.6 Å². The quantitative estimate of drug-likeness (QED) is 0.822. The van der Waals surface area contributed by atoms with Crippen LogP contribution in [0.2, 0.25) is 5.02 Å². The summed E-state index contributed by atoms with van der Waals surface area (Å²) in [5.74, 6) is 5.94. The Bertz CT molecular complexity index is 775. The fraction of sp³-hybridized carbons (Fsp3) is 0.316. The molecule has 0 aliphatic heterocycles. The van der Waals surface area contributed by atoms with Gasteiger partial charge in [-0.15, -0.1) is 0 Å². The average molecular weight is 344 g/mol. The molecule has 2 N–H and O–H groups in total. The van der Waals surface area contributed by atoms with Crippen molar-refractivity contribution in [3.63, 3.8) is 0 Å². The van der Waals surface area contributed by atoms with Crippen LogP contribution in [0.25, 0.3) is 0 Å². The van der Waals surface area contributed by atoms with E-state index in [0.717, 1.165) is 18.4 Å². The van der Waals surface area contributed by atoms with E-state index < -0.39 is 5.60 Å². The summed E-state index contributed by atoms with van der Waals surface area (Å²) in [6, 6.07) is 10.4. The lowest BCUT2D eigenvalue weighted by Crippen LogP contribution is -2.45. The van der Waals surface area contributed by atoms with E-state index in [4.69, 9.17) is 16.0 Å². The summed E-state index contributed by atoms with van der Waals surface area (Å²) in [6.07, 6.45) is 4.06. The fourth-order valence-electron chi connectivity index (χ4n) is 2.91. The molecule has 1 aromatic carbocycles. The van der Waals surface area contributed by atoms with Gasteiger partial charge in [-0.1, -0.05) is 29.5 Å². The molecule has 1 saturated carbocycles. The number of hydrogen-bond acceptors (Lipinski definition) is 3. The van der Waals surface area contributed by atoms with Crippen molar-refractivity contribution in [3.8, 4) is 11.8 Å². The predicted molar refractivity (Wildman–Crippen MR) is 91.7 cm³/mol. The Kier molecular flexibility index (Phi) is 4.94. The van der Waals surface area contributed by atoms with Gasteiger partial charge in [-0.25, -0.2) is 0 Å². The molecule has 3 rings (SSSR count). The normalized spacial score (nSPS) is 23.2. The number of aliphatic hydroxyl groups is 1. The first-order chi connectivity index (χ1) is 11.5. The number of carbonyl (C=O) groups is 1. The third-order valence-electron chi connectivity index (χ3n) is 4.07. The Morgan fingerprint density at radius 3 is 3.00 bits per heavy atom. The smallest absolute Gasteiger partial charge is 0.287 e. The summed E-state index contributed by atoms with van der Waals surface area (Å²) in [5, 5.41) is 14.2. The van der Waals surface area contributed by atoms with Gasteiger partial charge in [0, 0.05) is 23.0 Å². The first-order valence-electron chi connectivity index (χ1n) is 7.90. The number of carbonyl (C=O) groups excluding carboxylic acids is 1. The second-order valence-corrected chi connectivity index (χ2v) is 6.47. The maximum atomic E-state index is 12.1. The van der Waals surface area contributed by atoms with Crippen molar-refractivity contribution in [3.05, 3.63) is 59.0 Å². The van der Waals surface area contributed by atoms with Crippen LogP contribution in [0.3, 0.4) is 0 Å². The second-order valence-electron chi connectivity index (χ2n) is 6.04. The molecule has 4 nitrogen and oxygen atoms in total. The predicted octanol–water partition coefficient (Wildman–Crippen LogP) is 3.39. The van der Waals surface area contributed by atoms with Crippen molar-refractivity contribution in [2.45, 2.75) is 37.3 Å². The minimum atomic E-state index is -1.11. The molecular formula is C19H18ClNO3. The highest BCUT2D eigenvalue weighted by Crippen LogP contribution is 2.28. The highest BCUT2D eigenvalue weighted by Gasteiger charge is 2.33. The van der Waals surface area contributed by atoms with Gasteiger partial charge >= 0.3 is 0 Å². The second kappa shape index (κ2) is 7.12. The SMILES string of the molecule is O=C(N[C@H]1CCCC(O)(C#Cc2cccc(Cl)c2)C1)c1ccco1. The number of furan rings is 1. The maximum absolute atomic E-state index is 12.1. The van der Waals surface area contributed by atoms with E-state index in [0.29, 0.717) is 17.9 Å². The Hall–Kier alpha value is -2.22. The van der Waals surface area contributed by atoms with E-state index in [-0.39, 0.29) is 17.7 Å². The Labute approximate surface area is 145 Å². The van der Waals surface area contributed by atoms with Gasteiger partial charge in [-0.05, 0) is 49.6 Å². The third kappa shape index (κ3) is 4.19. The molecule has 0 saturated heterocycles. The van der Waals surface area contributed by atoms with Crippen LogP contribution in [0.15, 0.2) is 47.1 Å². The summed E-state index contributed by atoms with van der Waals surface area (Å²) >= 11 is 5.94. The molecule has 124 valence electrons. The van der Waals surface area contributed by atoms with Crippen molar-refractivity contribution in [2.75, 3.05) is 0 Å². The van der Waals surface area contributed by atoms with Gasteiger partial charge < -0.3 is 14.8 Å². The molecule has 1 amide bonds. The molecule has 1 heterocycles. The van der Waals surface area contributed by atoms with Gasteiger partial charge in [0.2, 0.25) is 0 Å². The van der Waals surface area contributed by atoms with E-state index in [1.54, 1.807) is 24.3 Å². The Morgan fingerprint density at radius 1 is 1.38 bits per heavy atom. The zero-order valence-electron chi connectivity index (χ0n) is 13.1. The molecule has 24 heavy (non-hydrogen) atoms. The van der Waals surface area contributed by atoms with Gasteiger partial charge in [0.05, 0.1) is 6.26 Å². The van der Waals surface area contributed by atoms with Crippen LogP contribution in [-0.4, -0.2) is 22.7 Å². The van der Waals surface area contributed by atoms with Crippen molar-refractivity contribution in [1.29, 1.82) is 0 Å². The van der Waals surface area contributed by atoms with Crippen LogP contribution in [-0.2, 0) is 0 Å². The van der Waals surface area contributed by atoms with Gasteiger partial charge in [0.25, 0.3) is 5.91 Å². The lowest BCUT2D eigenvalue weighted by molar-refractivity contribution is 0.0448. The number of amides is 1. The van der Waals surface area contributed by atoms with Crippen molar-refractivity contribution in [2.24, 2.45) is 0 Å². The molecule has 0 bridgehead atoms. The van der Waals surface area contributed by atoms with Gasteiger partial charge in [0.1, 0.15) is 5.60 Å². The standard InChI is InChI=1S/C19H18ClNO3/c20-15-5-1-4-14(12-15)8-10-19(23)9-2-6-16(13-19)21-18(22)17-7-3-11-24-17/h1,3-5,7,11-12,16,23H,2,6,9,13H2,(H,21,22)/t16-,19?/m0/s1. The van der Waals surface area contributed by atoms with E-state index >= 15 is 0 Å². The topological polar surface area (TPSA) is 62.5 Å². The minimum Gasteiger partial charge on any atom is -0.459 e. The zero-order valence-corrected chi connectivity index (χ0v) is 13.8. The largest absolute Gasteiger partial charge is 0.459 e. The van der Waals surface area contributed by atoms with Crippen LogP contribution in [0.4, 0.5) is 0 Å². The summed E-state index contributed by atoms with van der Waals surface area (Å²) in [5.41, 5.74) is -0.348. The molecule has 2 aromatic rings. The number of rotatable bonds is 2. The summed E-state index contributed by atoms with van der Waals surface area (Å²) in [7, 11) is 0. The first-order valence-corrected chi connectivity index (χ1v) is 8.27. The highest BCUT2D eigenvalue weighted by atomic mass is 35.5. The highest BCUT2D eigenvalue weighted by molar-refractivity contribution is 6.30. The molecule has 5 heteroatoms. The zero-order chi connectivity index (χ0) is 17.0. The summed E-state index contributed by atoms with van der Waals surface area (Å²) < 4.78 is 5.09. The lowest BCUT2D eigenvalue weighted by atomic mass is 9.82. The van der Waals surface area contributed by atoms with Crippen molar-refractivity contribution < 1.29 is 14.3 Å². The monoisotopic (exact) mass is 343 g/mol. The molecule has 1 unspecified atom stereocenters.